The van der Waals surface area contributed by atoms with Crippen molar-refractivity contribution in [3.8, 4) is 0 Å². The summed E-state index contributed by atoms with van der Waals surface area (Å²) in [7, 11) is 1.52. The number of nitrogens with two attached hydrogens (primary N) is 1. The van der Waals surface area contributed by atoms with Crippen molar-refractivity contribution >= 4 is 5.91 Å². The lowest BCUT2D eigenvalue weighted by Gasteiger charge is -2.48. The Balaban J connectivity index is 1.50. The van der Waals surface area contributed by atoms with Crippen molar-refractivity contribution in [2.75, 3.05) is 13.7 Å². The Labute approximate surface area is 163 Å². The molecule has 2 fully saturated rings. The molecule has 7 heteroatoms. The highest BCUT2D eigenvalue weighted by Gasteiger charge is 2.49. The van der Waals surface area contributed by atoms with Gasteiger partial charge in [0, 0.05) is 18.2 Å². The minimum Gasteiger partial charge on any atom is -0.354 e. The summed E-state index contributed by atoms with van der Waals surface area (Å²) in [5, 5.41) is 2.94. The zero-order valence-corrected chi connectivity index (χ0v) is 15.6. The first-order valence-electron chi connectivity index (χ1n) is 9.29. The quantitative estimate of drug-likeness (QED) is 0.832. The molecule has 6 atom stereocenters. The normalized spacial score (nSPS) is 32.4. The zero-order chi connectivity index (χ0) is 19.5. The van der Waals surface area contributed by atoms with E-state index in [1.165, 1.54) is 7.11 Å². The fourth-order valence-electron chi connectivity index (χ4n) is 3.62. The van der Waals surface area contributed by atoms with E-state index in [0.717, 1.165) is 5.56 Å². The number of fused-ring (bicyclic) bond motifs is 1. The molecule has 7 nitrogen and oxygen atoms in total. The highest BCUT2D eigenvalue weighted by Crippen LogP contribution is 2.33. The molecule has 0 saturated carbocycles. The Morgan fingerprint density at radius 1 is 1.07 bits per heavy atom. The molecule has 2 aliphatic rings. The number of carbonyl (C=O) groups excluding carboxylic acids is 1. The number of ether oxygens (including phenoxy) is 4. The van der Waals surface area contributed by atoms with E-state index >= 15 is 0 Å². The van der Waals surface area contributed by atoms with Crippen LogP contribution in [0, 0.1) is 0 Å². The van der Waals surface area contributed by atoms with Gasteiger partial charge in [-0.05, 0) is 12.1 Å². The maximum absolute atomic E-state index is 12.6. The van der Waals surface area contributed by atoms with E-state index < -0.39 is 30.8 Å². The molecule has 28 heavy (non-hydrogen) atoms. The molecule has 0 unspecified atom stereocenters. The Hall–Kier alpha value is -2.29. The summed E-state index contributed by atoms with van der Waals surface area (Å²) in [6, 6.07) is 17.5. The second-order valence-corrected chi connectivity index (χ2v) is 6.90. The third kappa shape index (κ3) is 3.80. The van der Waals surface area contributed by atoms with Gasteiger partial charge in [-0.25, -0.2) is 0 Å². The van der Waals surface area contributed by atoms with Gasteiger partial charge in [0.05, 0.1) is 18.7 Å². The van der Waals surface area contributed by atoms with Crippen molar-refractivity contribution in [2.24, 2.45) is 5.73 Å². The standard InChI is InChI=1S/C21H24N2O5/c1-25-21-17(23-19(24)13-8-4-2-5-9-13)16(22)18-15(27-21)12-26-20(28-18)14-10-6-3-7-11-14/h2-11,15-18,20-21H,12,22H2,1H3,(H,23,24)/t15-,16-,17+,18+,20-,21+/m0/s1. The molecule has 0 aromatic heterocycles. The molecule has 2 heterocycles. The number of nitrogens with one attached hydrogen (secondary N) is 1. The minimum absolute atomic E-state index is 0.239. The van der Waals surface area contributed by atoms with E-state index in [1.807, 2.05) is 48.5 Å². The maximum atomic E-state index is 12.6. The van der Waals surface area contributed by atoms with Crippen LogP contribution in [-0.2, 0) is 18.9 Å². The minimum atomic E-state index is -0.690. The summed E-state index contributed by atoms with van der Waals surface area (Å²) in [4.78, 5) is 12.6. The van der Waals surface area contributed by atoms with Crippen LogP contribution in [0.4, 0.5) is 0 Å². The summed E-state index contributed by atoms with van der Waals surface area (Å²) in [6.45, 7) is 0.330. The van der Waals surface area contributed by atoms with Gasteiger partial charge in [0.15, 0.2) is 12.6 Å². The molecular weight excluding hydrogens is 360 g/mol. The van der Waals surface area contributed by atoms with Crippen molar-refractivity contribution in [3.63, 3.8) is 0 Å². The molecule has 4 rings (SSSR count). The average molecular weight is 384 g/mol. The van der Waals surface area contributed by atoms with Crippen molar-refractivity contribution in [3.05, 3.63) is 71.8 Å². The lowest BCUT2D eigenvalue weighted by molar-refractivity contribution is -0.322. The third-order valence-corrected chi connectivity index (χ3v) is 5.09. The monoisotopic (exact) mass is 384 g/mol. The largest absolute Gasteiger partial charge is 0.354 e. The molecule has 2 aliphatic heterocycles. The molecular formula is C21H24N2O5. The zero-order valence-electron chi connectivity index (χ0n) is 15.6. The molecule has 0 aliphatic carbocycles. The molecule has 2 aromatic carbocycles. The van der Waals surface area contributed by atoms with E-state index in [2.05, 4.69) is 5.32 Å². The maximum Gasteiger partial charge on any atom is 0.251 e. The van der Waals surface area contributed by atoms with Crippen molar-refractivity contribution < 1.29 is 23.7 Å². The molecule has 0 bridgehead atoms. The summed E-state index contributed by atoms with van der Waals surface area (Å²) < 4.78 is 23.4. The number of amides is 1. The van der Waals surface area contributed by atoms with E-state index in [0.29, 0.717) is 12.2 Å². The van der Waals surface area contributed by atoms with Crippen LogP contribution in [0.3, 0.4) is 0 Å². The van der Waals surface area contributed by atoms with Gasteiger partial charge in [0.2, 0.25) is 0 Å². The molecule has 0 radical (unpaired) electrons. The first-order valence-corrected chi connectivity index (χ1v) is 9.29. The summed E-state index contributed by atoms with van der Waals surface area (Å²) in [6.07, 6.45) is -2.03. The second kappa shape index (κ2) is 8.38. The third-order valence-electron chi connectivity index (χ3n) is 5.09. The van der Waals surface area contributed by atoms with E-state index in [4.69, 9.17) is 24.7 Å². The van der Waals surface area contributed by atoms with Crippen LogP contribution in [0.25, 0.3) is 0 Å². The van der Waals surface area contributed by atoms with Crippen LogP contribution in [-0.4, -0.2) is 50.2 Å². The van der Waals surface area contributed by atoms with Crippen molar-refractivity contribution in [1.82, 2.24) is 5.32 Å². The average Bonchev–Trinajstić information content (AvgIpc) is 2.76. The summed E-state index contributed by atoms with van der Waals surface area (Å²) in [5.74, 6) is -0.239. The van der Waals surface area contributed by atoms with Gasteiger partial charge < -0.3 is 30.0 Å². The van der Waals surface area contributed by atoms with Gasteiger partial charge in [-0.3, -0.25) is 4.79 Å². The van der Waals surface area contributed by atoms with E-state index in [-0.39, 0.29) is 12.0 Å². The number of hydrogen-bond donors (Lipinski definition) is 2. The molecule has 2 saturated heterocycles. The summed E-state index contributed by atoms with van der Waals surface area (Å²) in [5.41, 5.74) is 7.96. The van der Waals surface area contributed by atoms with Crippen molar-refractivity contribution in [1.29, 1.82) is 0 Å². The second-order valence-electron chi connectivity index (χ2n) is 6.90. The number of carbonyl (C=O) groups is 1. The van der Waals surface area contributed by atoms with Gasteiger partial charge in [-0.2, -0.15) is 0 Å². The SMILES string of the molecule is CO[C@@H]1O[C@H]2CO[C@H](c3ccccc3)O[C@H]2[C@@H](N)[C@H]1NC(=O)c1ccccc1. The van der Waals surface area contributed by atoms with Crippen LogP contribution < -0.4 is 11.1 Å². The topological polar surface area (TPSA) is 92.0 Å². The number of benzene rings is 2. The van der Waals surface area contributed by atoms with Crippen LogP contribution in [0.15, 0.2) is 60.7 Å². The highest BCUT2D eigenvalue weighted by atomic mass is 16.7. The van der Waals surface area contributed by atoms with Crippen LogP contribution in [0.1, 0.15) is 22.2 Å². The van der Waals surface area contributed by atoms with Gasteiger partial charge in [0.1, 0.15) is 12.2 Å². The van der Waals surface area contributed by atoms with Gasteiger partial charge in [0.25, 0.3) is 5.91 Å². The number of hydrogen-bond acceptors (Lipinski definition) is 6. The van der Waals surface area contributed by atoms with Crippen LogP contribution in [0.2, 0.25) is 0 Å². The van der Waals surface area contributed by atoms with Gasteiger partial charge in [-0.1, -0.05) is 48.5 Å². The number of methoxy groups -OCH3 is 1. The molecule has 1 amide bonds. The Morgan fingerprint density at radius 2 is 1.75 bits per heavy atom. The first kappa shape index (κ1) is 19.0. The Bertz CT molecular complexity index is 788. The van der Waals surface area contributed by atoms with Crippen LogP contribution >= 0.6 is 0 Å². The molecule has 148 valence electrons. The van der Waals surface area contributed by atoms with E-state index in [9.17, 15) is 4.79 Å². The lowest BCUT2D eigenvalue weighted by atomic mass is 9.93. The Kier molecular flexibility index (Phi) is 5.70. The lowest BCUT2D eigenvalue weighted by Crippen LogP contribution is -2.69. The van der Waals surface area contributed by atoms with Gasteiger partial charge >= 0.3 is 0 Å². The molecule has 2 aromatic rings. The van der Waals surface area contributed by atoms with E-state index in [1.54, 1.807) is 12.1 Å². The van der Waals surface area contributed by atoms with Crippen molar-refractivity contribution in [2.45, 2.75) is 36.9 Å². The Morgan fingerprint density at radius 3 is 2.43 bits per heavy atom. The molecule has 3 N–H and O–H groups in total. The highest BCUT2D eigenvalue weighted by molar-refractivity contribution is 5.94. The summed E-state index contributed by atoms with van der Waals surface area (Å²) >= 11 is 0. The fourth-order valence-corrected chi connectivity index (χ4v) is 3.62. The van der Waals surface area contributed by atoms with Crippen LogP contribution in [0.5, 0.6) is 0 Å². The fraction of sp³-hybridized carbons (Fsp3) is 0.381. The molecule has 0 spiro atoms. The first-order chi connectivity index (χ1) is 13.7. The predicted molar refractivity (Wildman–Crippen MR) is 101 cm³/mol. The number of rotatable bonds is 4. The smallest absolute Gasteiger partial charge is 0.251 e. The van der Waals surface area contributed by atoms with Gasteiger partial charge in [-0.15, -0.1) is 0 Å². The predicted octanol–water partition coefficient (Wildman–Crippen LogP) is 1.60.